The first-order chi connectivity index (χ1) is 11.6. The maximum atomic E-state index is 12.1. The van der Waals surface area contributed by atoms with Crippen molar-refractivity contribution in [1.29, 1.82) is 0 Å². The molecule has 24 heavy (non-hydrogen) atoms. The molecule has 7 heteroatoms. The number of hydrogen-bond donors (Lipinski definition) is 1. The van der Waals surface area contributed by atoms with E-state index in [2.05, 4.69) is 20.5 Å². The molecule has 122 valence electrons. The molecule has 3 aromatic rings. The van der Waals surface area contributed by atoms with Crippen LogP contribution in [0.3, 0.4) is 0 Å². The minimum Gasteiger partial charge on any atom is -0.325 e. The average Bonchev–Trinajstić information content (AvgIpc) is 2.94. The van der Waals surface area contributed by atoms with Gasteiger partial charge in [0.25, 0.3) is 0 Å². The number of aromatic nitrogens is 4. The van der Waals surface area contributed by atoms with Gasteiger partial charge in [0.1, 0.15) is 0 Å². The highest BCUT2D eigenvalue weighted by Crippen LogP contribution is 2.22. The minimum absolute atomic E-state index is 0.0727. The van der Waals surface area contributed by atoms with Crippen LogP contribution in [0.25, 0.3) is 11.4 Å². The Morgan fingerprint density at radius 1 is 1.25 bits per heavy atom. The van der Waals surface area contributed by atoms with Crippen LogP contribution in [0, 0.1) is 6.92 Å². The van der Waals surface area contributed by atoms with Crippen molar-refractivity contribution in [2.75, 3.05) is 11.1 Å². The quantitative estimate of drug-likeness (QED) is 0.724. The van der Waals surface area contributed by atoms with E-state index >= 15 is 0 Å². The predicted molar refractivity (Wildman–Crippen MR) is 94.8 cm³/mol. The highest BCUT2D eigenvalue weighted by molar-refractivity contribution is 7.99. The van der Waals surface area contributed by atoms with Crippen molar-refractivity contribution >= 4 is 23.4 Å². The monoisotopic (exact) mass is 339 g/mol. The lowest BCUT2D eigenvalue weighted by atomic mass is 10.2. The summed E-state index contributed by atoms with van der Waals surface area (Å²) in [7, 11) is 1.88. The Labute approximate surface area is 144 Å². The molecule has 1 N–H and O–H groups in total. The van der Waals surface area contributed by atoms with Crippen LogP contribution < -0.4 is 5.32 Å². The van der Waals surface area contributed by atoms with Crippen LogP contribution >= 0.6 is 11.8 Å². The van der Waals surface area contributed by atoms with Crippen LogP contribution in [0.15, 0.2) is 53.9 Å². The van der Waals surface area contributed by atoms with E-state index in [1.165, 1.54) is 11.8 Å². The molecule has 0 fully saturated rings. The molecule has 2 aromatic heterocycles. The SMILES string of the molecule is Cc1cccc(NC(=O)CSc2nnc(-c3cccnc3)n2C)c1. The van der Waals surface area contributed by atoms with E-state index in [0.29, 0.717) is 5.16 Å². The molecule has 0 aliphatic carbocycles. The molecule has 0 spiro atoms. The second-order valence-electron chi connectivity index (χ2n) is 5.31. The largest absolute Gasteiger partial charge is 0.325 e. The van der Waals surface area contributed by atoms with E-state index in [-0.39, 0.29) is 11.7 Å². The number of amides is 1. The van der Waals surface area contributed by atoms with Gasteiger partial charge in [-0.3, -0.25) is 9.78 Å². The number of thioether (sulfide) groups is 1. The van der Waals surface area contributed by atoms with Crippen molar-refractivity contribution in [1.82, 2.24) is 19.7 Å². The number of carbonyl (C=O) groups excluding carboxylic acids is 1. The summed E-state index contributed by atoms with van der Waals surface area (Å²) < 4.78 is 1.86. The molecular weight excluding hydrogens is 322 g/mol. The van der Waals surface area contributed by atoms with Crippen molar-refractivity contribution in [2.24, 2.45) is 7.05 Å². The fraction of sp³-hybridized carbons (Fsp3) is 0.176. The van der Waals surface area contributed by atoms with Crippen LogP contribution in [-0.2, 0) is 11.8 Å². The zero-order valence-electron chi connectivity index (χ0n) is 13.4. The van der Waals surface area contributed by atoms with Crippen molar-refractivity contribution in [2.45, 2.75) is 12.1 Å². The number of pyridine rings is 1. The van der Waals surface area contributed by atoms with Crippen molar-refractivity contribution in [3.05, 3.63) is 54.4 Å². The molecular formula is C17H17N5OS. The van der Waals surface area contributed by atoms with E-state index in [4.69, 9.17) is 0 Å². The summed E-state index contributed by atoms with van der Waals surface area (Å²) >= 11 is 1.35. The van der Waals surface area contributed by atoms with Gasteiger partial charge in [-0.1, -0.05) is 23.9 Å². The second kappa shape index (κ2) is 7.27. The van der Waals surface area contributed by atoms with E-state index in [0.717, 1.165) is 22.6 Å². The van der Waals surface area contributed by atoms with Crippen LogP contribution in [0.5, 0.6) is 0 Å². The molecule has 0 radical (unpaired) electrons. The maximum absolute atomic E-state index is 12.1. The first-order valence-electron chi connectivity index (χ1n) is 7.42. The smallest absolute Gasteiger partial charge is 0.234 e. The van der Waals surface area contributed by atoms with E-state index < -0.39 is 0 Å². The zero-order valence-corrected chi connectivity index (χ0v) is 14.2. The number of hydrogen-bond acceptors (Lipinski definition) is 5. The molecule has 0 saturated heterocycles. The van der Waals surface area contributed by atoms with Crippen LogP contribution in [0.4, 0.5) is 5.69 Å². The first kappa shape index (κ1) is 16.2. The number of anilines is 1. The number of nitrogens with one attached hydrogen (secondary N) is 1. The van der Waals surface area contributed by atoms with Gasteiger partial charge in [-0.25, -0.2) is 0 Å². The summed E-state index contributed by atoms with van der Waals surface area (Å²) in [5.74, 6) is 0.925. The second-order valence-corrected chi connectivity index (χ2v) is 6.26. The Hall–Kier alpha value is -2.67. The van der Waals surface area contributed by atoms with E-state index in [9.17, 15) is 4.79 Å². The highest BCUT2D eigenvalue weighted by Gasteiger charge is 2.13. The Morgan fingerprint density at radius 3 is 2.88 bits per heavy atom. The van der Waals surface area contributed by atoms with Gasteiger partial charge in [-0.2, -0.15) is 0 Å². The van der Waals surface area contributed by atoms with Crippen LogP contribution in [0.2, 0.25) is 0 Å². The summed E-state index contributed by atoms with van der Waals surface area (Å²) in [6.07, 6.45) is 3.45. The summed E-state index contributed by atoms with van der Waals surface area (Å²) in [5.41, 5.74) is 2.80. The van der Waals surface area contributed by atoms with Gasteiger partial charge in [-0.15, -0.1) is 10.2 Å². The zero-order chi connectivity index (χ0) is 16.9. The summed E-state index contributed by atoms with van der Waals surface area (Å²) in [6, 6.07) is 11.5. The third-order valence-corrected chi connectivity index (χ3v) is 4.41. The Kier molecular flexibility index (Phi) is 4.90. The topological polar surface area (TPSA) is 72.7 Å². The maximum Gasteiger partial charge on any atom is 0.234 e. The summed E-state index contributed by atoms with van der Waals surface area (Å²) in [6.45, 7) is 1.99. The third kappa shape index (κ3) is 3.80. The molecule has 3 rings (SSSR count). The number of benzene rings is 1. The summed E-state index contributed by atoms with van der Waals surface area (Å²) in [4.78, 5) is 16.2. The van der Waals surface area contributed by atoms with Gasteiger partial charge in [-0.05, 0) is 36.8 Å². The normalized spacial score (nSPS) is 10.6. The standard InChI is InChI=1S/C17H17N5OS/c1-12-5-3-7-14(9-12)19-15(23)11-24-17-21-20-16(22(17)2)13-6-4-8-18-10-13/h3-10H,11H2,1-2H3,(H,19,23). The molecule has 0 bridgehead atoms. The van der Waals surface area contributed by atoms with Gasteiger partial charge in [0, 0.05) is 30.7 Å². The lowest BCUT2D eigenvalue weighted by molar-refractivity contribution is -0.113. The predicted octanol–water partition coefficient (Wildman–Crippen LogP) is 2.92. The Morgan fingerprint density at radius 2 is 2.12 bits per heavy atom. The minimum atomic E-state index is -0.0727. The number of aryl methyl sites for hydroxylation is 1. The fourth-order valence-electron chi connectivity index (χ4n) is 2.24. The number of nitrogens with zero attached hydrogens (tertiary/aromatic N) is 4. The highest BCUT2D eigenvalue weighted by atomic mass is 32.2. The first-order valence-corrected chi connectivity index (χ1v) is 8.41. The van der Waals surface area contributed by atoms with Crippen molar-refractivity contribution < 1.29 is 4.79 Å². The van der Waals surface area contributed by atoms with Gasteiger partial charge >= 0.3 is 0 Å². The van der Waals surface area contributed by atoms with Crippen LogP contribution in [-0.4, -0.2) is 31.4 Å². The lowest BCUT2D eigenvalue weighted by Crippen LogP contribution is -2.14. The number of carbonyl (C=O) groups is 1. The molecule has 0 aliphatic heterocycles. The van der Waals surface area contributed by atoms with Crippen molar-refractivity contribution in [3.63, 3.8) is 0 Å². The molecule has 0 saturated carbocycles. The van der Waals surface area contributed by atoms with Gasteiger partial charge in [0.2, 0.25) is 5.91 Å². The molecule has 0 aliphatic rings. The van der Waals surface area contributed by atoms with Crippen molar-refractivity contribution in [3.8, 4) is 11.4 Å². The van der Waals surface area contributed by atoms with Gasteiger partial charge < -0.3 is 9.88 Å². The Balaban J connectivity index is 1.63. The Bertz CT molecular complexity index is 847. The molecule has 1 aromatic carbocycles. The van der Waals surface area contributed by atoms with Gasteiger partial charge in [0.05, 0.1) is 5.75 Å². The molecule has 0 atom stereocenters. The van der Waals surface area contributed by atoms with Crippen LogP contribution in [0.1, 0.15) is 5.56 Å². The fourth-order valence-corrected chi connectivity index (χ4v) is 2.95. The third-order valence-electron chi connectivity index (χ3n) is 3.39. The van der Waals surface area contributed by atoms with Gasteiger partial charge in [0.15, 0.2) is 11.0 Å². The molecule has 1 amide bonds. The molecule has 2 heterocycles. The summed E-state index contributed by atoms with van der Waals surface area (Å²) in [5, 5.41) is 11.9. The number of rotatable bonds is 5. The average molecular weight is 339 g/mol. The lowest BCUT2D eigenvalue weighted by Gasteiger charge is -2.06. The van der Waals surface area contributed by atoms with E-state index in [1.54, 1.807) is 12.4 Å². The van der Waals surface area contributed by atoms with E-state index in [1.807, 2.05) is 54.9 Å². The molecule has 0 unspecified atom stereocenters. The molecule has 6 nitrogen and oxygen atoms in total.